The Balaban J connectivity index is 2.89. The Hall–Kier alpha value is -0.770. The summed E-state index contributed by atoms with van der Waals surface area (Å²) in [6.07, 6.45) is 3.13. The van der Waals surface area contributed by atoms with Crippen LogP contribution in [0.25, 0.3) is 0 Å². The van der Waals surface area contributed by atoms with Crippen LogP contribution < -0.4 is 0 Å². The number of likely N-dealkylation sites (N-methyl/N-ethyl adjacent to an activating group) is 1. The Kier molecular flexibility index (Phi) is 1.80. The standard InChI is InChI=1S/C6H7NO2S/c1-7-5(8)3-4(10-2)6(7)9/h3H,1-2H3. The number of hydrogen-bond donors (Lipinski definition) is 0. The first-order valence-corrected chi connectivity index (χ1v) is 3.97. The van der Waals surface area contributed by atoms with Crippen molar-refractivity contribution in [3.63, 3.8) is 0 Å². The zero-order valence-electron chi connectivity index (χ0n) is 5.75. The molecule has 0 aromatic heterocycles. The van der Waals surface area contributed by atoms with E-state index in [1.165, 1.54) is 24.9 Å². The maximum atomic E-state index is 11.0. The van der Waals surface area contributed by atoms with Gasteiger partial charge in [-0.1, -0.05) is 0 Å². The molecule has 0 fully saturated rings. The van der Waals surface area contributed by atoms with Crippen LogP contribution in [0.1, 0.15) is 0 Å². The summed E-state index contributed by atoms with van der Waals surface area (Å²) in [5, 5.41) is 0. The molecule has 0 aromatic rings. The fourth-order valence-corrected chi connectivity index (χ4v) is 1.21. The van der Waals surface area contributed by atoms with Gasteiger partial charge in [-0.05, 0) is 6.26 Å². The lowest BCUT2D eigenvalue weighted by Gasteiger charge is -2.04. The van der Waals surface area contributed by atoms with Gasteiger partial charge >= 0.3 is 0 Å². The first-order chi connectivity index (χ1) is 4.66. The van der Waals surface area contributed by atoms with Crippen LogP contribution in [-0.4, -0.2) is 30.0 Å². The Morgan fingerprint density at radius 2 is 2.10 bits per heavy atom. The van der Waals surface area contributed by atoms with Crippen molar-refractivity contribution in [1.82, 2.24) is 4.90 Å². The van der Waals surface area contributed by atoms with Crippen LogP contribution in [0.5, 0.6) is 0 Å². The van der Waals surface area contributed by atoms with Crippen molar-refractivity contribution in [2.75, 3.05) is 13.3 Å². The molecule has 0 N–H and O–H groups in total. The summed E-state index contributed by atoms with van der Waals surface area (Å²) in [6.45, 7) is 0. The Bertz CT molecular complexity index is 222. The van der Waals surface area contributed by atoms with Gasteiger partial charge < -0.3 is 0 Å². The normalized spacial score (nSPS) is 18.2. The van der Waals surface area contributed by atoms with Gasteiger partial charge in [0.05, 0.1) is 4.91 Å². The van der Waals surface area contributed by atoms with Crippen LogP contribution in [0.2, 0.25) is 0 Å². The summed E-state index contributed by atoms with van der Waals surface area (Å²) in [5.41, 5.74) is 0. The number of carbonyl (C=O) groups is 2. The van der Waals surface area contributed by atoms with Gasteiger partial charge in [0.1, 0.15) is 0 Å². The highest BCUT2D eigenvalue weighted by Gasteiger charge is 2.26. The lowest BCUT2D eigenvalue weighted by Crippen LogP contribution is -2.25. The topological polar surface area (TPSA) is 37.4 Å². The predicted octanol–water partition coefficient (Wildman–Crippen LogP) is 0.232. The molecule has 4 heteroatoms. The van der Waals surface area contributed by atoms with E-state index in [0.29, 0.717) is 4.91 Å². The lowest BCUT2D eigenvalue weighted by atomic mass is 10.5. The second-order valence-corrected chi connectivity index (χ2v) is 2.76. The van der Waals surface area contributed by atoms with Crippen molar-refractivity contribution >= 4 is 23.6 Å². The van der Waals surface area contributed by atoms with E-state index < -0.39 is 0 Å². The van der Waals surface area contributed by atoms with E-state index in [2.05, 4.69) is 0 Å². The van der Waals surface area contributed by atoms with Gasteiger partial charge in [-0.15, -0.1) is 11.8 Å². The molecule has 54 valence electrons. The maximum absolute atomic E-state index is 11.0. The van der Waals surface area contributed by atoms with Crippen LogP contribution >= 0.6 is 11.8 Å². The second-order valence-electron chi connectivity index (χ2n) is 1.92. The van der Waals surface area contributed by atoms with Gasteiger partial charge in [-0.2, -0.15) is 0 Å². The fourth-order valence-electron chi connectivity index (χ4n) is 0.682. The molecule has 1 heterocycles. The van der Waals surface area contributed by atoms with Gasteiger partial charge in [0.25, 0.3) is 11.8 Å². The number of thioether (sulfide) groups is 1. The molecule has 3 nitrogen and oxygen atoms in total. The van der Waals surface area contributed by atoms with Gasteiger partial charge in [-0.25, -0.2) is 0 Å². The molecule has 0 saturated carbocycles. The van der Waals surface area contributed by atoms with Crippen LogP contribution in [0.3, 0.4) is 0 Å². The van der Waals surface area contributed by atoms with E-state index >= 15 is 0 Å². The summed E-state index contributed by atoms with van der Waals surface area (Å²) in [4.78, 5) is 23.4. The maximum Gasteiger partial charge on any atom is 0.267 e. The van der Waals surface area contributed by atoms with E-state index in [4.69, 9.17) is 0 Å². The first-order valence-electron chi connectivity index (χ1n) is 2.74. The van der Waals surface area contributed by atoms with Crippen molar-refractivity contribution < 1.29 is 9.59 Å². The summed E-state index contributed by atoms with van der Waals surface area (Å²) in [5.74, 6) is -0.424. The number of rotatable bonds is 1. The first kappa shape index (κ1) is 7.34. The molecule has 0 aliphatic carbocycles. The summed E-state index contributed by atoms with van der Waals surface area (Å²) in [7, 11) is 1.48. The average Bonchev–Trinajstić information content (AvgIpc) is 2.17. The van der Waals surface area contributed by atoms with Gasteiger partial charge in [0, 0.05) is 13.1 Å². The highest BCUT2D eigenvalue weighted by atomic mass is 32.2. The molecule has 1 rings (SSSR count). The zero-order valence-corrected chi connectivity index (χ0v) is 6.57. The smallest absolute Gasteiger partial charge is 0.267 e. The molecule has 0 radical (unpaired) electrons. The van der Waals surface area contributed by atoms with Crippen molar-refractivity contribution in [2.45, 2.75) is 0 Å². The highest BCUT2D eigenvalue weighted by molar-refractivity contribution is 8.03. The van der Waals surface area contributed by atoms with E-state index in [0.717, 1.165) is 4.90 Å². The number of carbonyl (C=O) groups excluding carboxylic acids is 2. The molecule has 1 aliphatic heterocycles. The lowest BCUT2D eigenvalue weighted by molar-refractivity contribution is -0.135. The fraction of sp³-hybridized carbons (Fsp3) is 0.333. The van der Waals surface area contributed by atoms with Crippen molar-refractivity contribution in [3.05, 3.63) is 11.0 Å². The summed E-state index contributed by atoms with van der Waals surface area (Å²) in [6, 6.07) is 0. The summed E-state index contributed by atoms with van der Waals surface area (Å²) >= 11 is 1.30. The quantitative estimate of drug-likeness (QED) is 0.511. The number of hydrogen-bond acceptors (Lipinski definition) is 3. The van der Waals surface area contributed by atoms with E-state index in [1.54, 1.807) is 6.26 Å². The molecule has 0 atom stereocenters. The van der Waals surface area contributed by atoms with Crippen LogP contribution in [0, 0.1) is 0 Å². The largest absolute Gasteiger partial charge is 0.278 e. The average molecular weight is 157 g/mol. The van der Waals surface area contributed by atoms with E-state index in [-0.39, 0.29) is 11.8 Å². The van der Waals surface area contributed by atoms with E-state index in [9.17, 15) is 9.59 Å². The predicted molar refractivity (Wildman–Crippen MR) is 39.4 cm³/mol. The second kappa shape index (κ2) is 2.46. The Morgan fingerprint density at radius 3 is 2.30 bits per heavy atom. The molecule has 2 amide bonds. The Labute approximate surface area is 63.1 Å². The number of imide groups is 1. The number of amides is 2. The van der Waals surface area contributed by atoms with Crippen molar-refractivity contribution in [3.8, 4) is 0 Å². The third-order valence-corrected chi connectivity index (χ3v) is 2.05. The zero-order chi connectivity index (χ0) is 7.72. The monoisotopic (exact) mass is 157 g/mol. The van der Waals surface area contributed by atoms with Gasteiger partial charge in [0.2, 0.25) is 0 Å². The molecule has 1 aliphatic rings. The van der Waals surface area contributed by atoms with Crippen LogP contribution in [-0.2, 0) is 9.59 Å². The SMILES string of the molecule is CSC1=CC(=O)N(C)C1=O. The van der Waals surface area contributed by atoms with Crippen LogP contribution in [0.15, 0.2) is 11.0 Å². The molecule has 0 unspecified atom stereocenters. The molecule has 0 bridgehead atoms. The minimum Gasteiger partial charge on any atom is -0.278 e. The molecule has 0 spiro atoms. The molecular formula is C6H7NO2S. The Morgan fingerprint density at radius 1 is 1.50 bits per heavy atom. The van der Waals surface area contributed by atoms with E-state index in [1.807, 2.05) is 0 Å². The van der Waals surface area contributed by atoms with Gasteiger partial charge in [0.15, 0.2) is 0 Å². The van der Waals surface area contributed by atoms with Gasteiger partial charge in [-0.3, -0.25) is 14.5 Å². The third kappa shape index (κ3) is 0.945. The number of nitrogens with zero attached hydrogens (tertiary/aromatic N) is 1. The van der Waals surface area contributed by atoms with Crippen LogP contribution in [0.4, 0.5) is 0 Å². The summed E-state index contributed by atoms with van der Waals surface area (Å²) < 4.78 is 0. The van der Waals surface area contributed by atoms with Crippen molar-refractivity contribution in [1.29, 1.82) is 0 Å². The van der Waals surface area contributed by atoms with Crippen molar-refractivity contribution in [2.24, 2.45) is 0 Å². The molecule has 0 saturated heterocycles. The minimum atomic E-state index is -0.227. The molecule has 10 heavy (non-hydrogen) atoms. The molecule has 0 aromatic carbocycles. The molecular weight excluding hydrogens is 150 g/mol. The minimum absolute atomic E-state index is 0.197. The highest BCUT2D eigenvalue weighted by Crippen LogP contribution is 2.19. The third-order valence-electron chi connectivity index (χ3n) is 1.32.